The molecule has 7 aliphatic rings. The summed E-state index contributed by atoms with van der Waals surface area (Å²) in [5.41, 5.74) is 5.37. The molecule has 8 bridgehead atoms. The monoisotopic (exact) mass is 1810 g/mol. The topological polar surface area (TPSA) is 136 Å². The molecule has 0 atom stereocenters. The molecule has 7 aliphatic heterocycles. The molecule has 7 heterocycles. The SMILES string of the molecule is CCCCCCCCc1ccc(OP2(=S)N(C)/N=C/c3ccc(cc3)OP(=S)(Oc3ccc(P(c4ccccc4)c4ccccc4)cc3)Oc3ccc(cc3)/C=N/N(C)P(=S)(Oc3ccc(CCCCCCCC)cc3)N(C)/N=C/c3ccc(cc3)OP(=S)(Oc3ccc(P(c4ccccc4)c4ccccc4)cc3)Oc3ccc(cc3)/C=N/N2C)cc1. The summed E-state index contributed by atoms with van der Waals surface area (Å²) in [4.78, 5) is 0. The molecule has 0 saturated heterocycles. The van der Waals surface area contributed by atoms with Crippen LogP contribution >= 0.6 is 42.4 Å². The fraction of sp³-hybridized carbons (Fsp3) is 0.208. The molecule has 0 saturated carbocycles. The third-order valence-electron chi connectivity index (χ3n) is 20.0. The first-order valence-corrected chi connectivity index (χ1v) is 54.1. The highest BCUT2D eigenvalue weighted by atomic mass is 32.5. The Morgan fingerprint density at radius 2 is 0.484 bits per heavy atom. The van der Waals surface area contributed by atoms with E-state index in [-0.39, 0.29) is 0 Å². The van der Waals surface area contributed by atoms with Gasteiger partial charge in [0, 0.05) is 51.8 Å². The summed E-state index contributed by atoms with van der Waals surface area (Å²) in [5.74, 6) is 3.75. The average molecular weight is 1810 g/mol. The molecular formula is C96H102N8O8P6S4. The van der Waals surface area contributed by atoms with Gasteiger partial charge >= 0.3 is 26.6 Å². The van der Waals surface area contributed by atoms with Gasteiger partial charge in [0.15, 0.2) is 0 Å². The molecule has 0 aliphatic carbocycles. The van der Waals surface area contributed by atoms with Crippen molar-refractivity contribution in [1.29, 1.82) is 0 Å². The molecule has 16 nitrogen and oxygen atoms in total. The highest BCUT2D eigenvalue weighted by molar-refractivity contribution is 8.10. The summed E-state index contributed by atoms with van der Waals surface area (Å²) in [6.07, 6.45) is 23.4. The summed E-state index contributed by atoms with van der Waals surface area (Å²) in [6, 6.07) is 104. The van der Waals surface area contributed by atoms with E-state index < -0.39 is 42.4 Å². The van der Waals surface area contributed by atoms with E-state index in [1.807, 2.05) is 170 Å². The third kappa shape index (κ3) is 25.8. The van der Waals surface area contributed by atoms with E-state index in [4.69, 9.17) is 104 Å². The lowest BCUT2D eigenvalue weighted by Gasteiger charge is -2.34. The maximum atomic E-state index is 6.90. The Morgan fingerprint density at radius 1 is 0.262 bits per heavy atom. The molecule has 0 N–H and O–H groups in total. The summed E-state index contributed by atoms with van der Waals surface area (Å²) in [6.45, 7) is -9.68. The molecule has 0 unspecified atom stereocenters. The van der Waals surface area contributed by atoms with Crippen molar-refractivity contribution < 1.29 is 36.2 Å². The largest absolute Gasteiger partial charge is 0.490 e. The minimum absolute atomic E-state index is 0.406. The fourth-order valence-electron chi connectivity index (χ4n) is 13.3. The number of hydrazone groups is 4. The fourth-order valence-corrected chi connectivity index (χ4v) is 25.6. The molecule has 0 radical (unpaired) electrons. The van der Waals surface area contributed by atoms with Crippen LogP contribution in [0, 0.1) is 0 Å². The summed E-state index contributed by atoms with van der Waals surface area (Å²) in [7, 11) is 5.40. The van der Waals surface area contributed by atoms with E-state index >= 15 is 0 Å². The van der Waals surface area contributed by atoms with Crippen LogP contribution in [0.5, 0.6) is 46.0 Å². The van der Waals surface area contributed by atoms with Gasteiger partial charge in [-0.25, -0.2) is 19.1 Å². The second-order valence-electron chi connectivity index (χ2n) is 29.1. The first-order valence-electron chi connectivity index (χ1n) is 41.1. The van der Waals surface area contributed by atoms with Gasteiger partial charge in [-0.15, -0.1) is 0 Å². The second-order valence-corrected chi connectivity index (χ2v) is 46.6. The summed E-state index contributed by atoms with van der Waals surface area (Å²) < 4.78 is 61.0. The second kappa shape index (κ2) is 44.6. The Morgan fingerprint density at radius 3 is 0.738 bits per heavy atom. The molecule has 0 spiro atoms. The van der Waals surface area contributed by atoms with Gasteiger partial charge in [0.1, 0.15) is 46.0 Å². The van der Waals surface area contributed by atoms with Gasteiger partial charge in [-0.2, -0.15) is 20.4 Å². The Balaban J connectivity index is 0.828. The zero-order valence-corrected chi connectivity index (χ0v) is 78.0. The van der Waals surface area contributed by atoms with Crippen LogP contribution in [0.2, 0.25) is 0 Å². The van der Waals surface area contributed by atoms with Gasteiger partial charge in [0.2, 0.25) is 0 Å². The maximum Gasteiger partial charge on any atom is 0.490 e. The lowest BCUT2D eigenvalue weighted by Crippen LogP contribution is -2.24. The number of benzene rings is 12. The van der Waals surface area contributed by atoms with Gasteiger partial charge in [-0.3, -0.25) is 0 Å². The Kier molecular flexibility index (Phi) is 33.0. The predicted octanol–water partition coefficient (Wildman–Crippen LogP) is 23.9. The summed E-state index contributed by atoms with van der Waals surface area (Å²) in [5, 5.41) is 27.0. The molecule has 628 valence electrons. The lowest BCUT2D eigenvalue weighted by atomic mass is 10.1. The van der Waals surface area contributed by atoms with E-state index in [0.29, 0.717) is 46.0 Å². The molecule has 0 aromatic heterocycles. The van der Waals surface area contributed by atoms with E-state index in [0.717, 1.165) is 58.5 Å². The highest BCUT2D eigenvalue weighted by Crippen LogP contribution is 2.56. The highest BCUT2D eigenvalue weighted by Gasteiger charge is 2.34. The number of nitrogens with zero attached hydrogens (tertiary/aromatic N) is 8. The number of rotatable bonds is 28. The molecule has 12 aromatic rings. The van der Waals surface area contributed by atoms with Crippen molar-refractivity contribution in [3.63, 3.8) is 0 Å². The molecule has 26 heteroatoms. The molecular weight excluding hydrogens is 1710 g/mol. The van der Waals surface area contributed by atoms with Crippen molar-refractivity contribution in [3.8, 4) is 46.0 Å². The van der Waals surface area contributed by atoms with Gasteiger partial charge in [-0.05, 0) is 276 Å². The molecule has 122 heavy (non-hydrogen) atoms. The van der Waals surface area contributed by atoms with Gasteiger partial charge < -0.3 is 36.2 Å². The quantitative estimate of drug-likeness (QED) is 0.0339. The number of unbranched alkanes of at least 4 members (excludes halogenated alkanes) is 10. The smallest absolute Gasteiger partial charge is 0.432 e. The van der Waals surface area contributed by atoms with Crippen molar-refractivity contribution in [2.75, 3.05) is 28.2 Å². The van der Waals surface area contributed by atoms with Crippen LogP contribution in [0.25, 0.3) is 0 Å². The van der Waals surface area contributed by atoms with Crippen molar-refractivity contribution >= 4 is 146 Å². The van der Waals surface area contributed by atoms with Crippen LogP contribution < -0.4 is 68.0 Å². The van der Waals surface area contributed by atoms with Gasteiger partial charge in [-0.1, -0.05) is 248 Å². The van der Waals surface area contributed by atoms with E-state index in [1.165, 1.54) is 96.6 Å². The number of aryl methyl sites for hydroxylation is 2. The van der Waals surface area contributed by atoms with Crippen molar-refractivity contribution in [3.05, 3.63) is 349 Å². The predicted molar refractivity (Wildman–Crippen MR) is 527 cm³/mol. The first-order chi connectivity index (χ1) is 59.4. The zero-order chi connectivity index (χ0) is 85.0. The van der Waals surface area contributed by atoms with Crippen LogP contribution in [-0.2, 0) is 60.1 Å². The number of hydrogen-bond donors (Lipinski definition) is 0. The van der Waals surface area contributed by atoms with Crippen LogP contribution in [0.1, 0.15) is 124 Å². The van der Waals surface area contributed by atoms with Gasteiger partial charge in [0.05, 0.1) is 24.9 Å². The minimum atomic E-state index is -3.75. The van der Waals surface area contributed by atoms with E-state index in [1.54, 1.807) is 72.2 Å². The number of hydrogen-bond acceptors (Lipinski definition) is 16. The lowest BCUT2D eigenvalue weighted by molar-refractivity contribution is 0.383. The van der Waals surface area contributed by atoms with Crippen LogP contribution in [0.4, 0.5) is 0 Å². The first kappa shape index (κ1) is 90.1. The van der Waals surface area contributed by atoms with E-state index in [2.05, 4.69) is 159 Å². The normalized spacial score (nSPS) is 18.8. The van der Waals surface area contributed by atoms with Crippen LogP contribution in [0.15, 0.2) is 336 Å². The Hall–Kier alpha value is -9.62. The third-order valence-corrected chi connectivity index (χ3v) is 36.3. The average Bonchev–Trinajstić information content (AvgIpc) is 0.814. The standard InChI is InChI=1S/C96H102N8O8P6S4/c1-7-9-11-13-15-21-31-77-41-53-83(54-42-77)105-115(119)101(3)97-73-79-45-57-85(58-46-79)107-117(121,111-89-65-69-95(70-66-89)113(91-33-23-17-24-34-91)92-35-25-18-26-36-92)109-87-61-49-81(50-62-87)75-99-103(5)116(120,106-84-55-43-78(44-56-84)32-22-16-14-12-10-8-2)104(6)100-76-82-51-63-88(64-52-82)110-118(122,108-86-59-47-80(48-60-86)74-98-102(115)4)112-90-67-71-96(72-68-90)114(93-37-27-19-28-38-93)94-39-29-20-30-40-94/h17-20,23-30,33-76H,7-16,21-22,31-32H2,1-6H3/b97-73+,98-74+,99-75+,100-76+. The summed E-state index contributed by atoms with van der Waals surface area (Å²) >= 11 is 26.0. The maximum absolute atomic E-state index is 6.90. The Bertz CT molecular complexity index is 5040. The molecule has 19 rings (SSSR count). The van der Waals surface area contributed by atoms with Crippen LogP contribution in [-0.4, -0.2) is 72.2 Å². The Labute approximate surface area is 743 Å². The van der Waals surface area contributed by atoms with E-state index in [9.17, 15) is 0 Å². The van der Waals surface area contributed by atoms with Crippen molar-refractivity contribution in [2.45, 2.75) is 104 Å². The minimum Gasteiger partial charge on any atom is -0.432 e. The van der Waals surface area contributed by atoms with Crippen LogP contribution in [0.3, 0.4) is 0 Å². The zero-order valence-electron chi connectivity index (χ0n) is 69.4. The molecule has 0 fully saturated rings. The molecule has 0 amide bonds. The molecule has 12 aromatic carbocycles. The van der Waals surface area contributed by atoms with Crippen molar-refractivity contribution in [1.82, 2.24) is 19.1 Å². The van der Waals surface area contributed by atoms with Crippen molar-refractivity contribution in [2.24, 2.45) is 20.4 Å². The van der Waals surface area contributed by atoms with Gasteiger partial charge in [0.25, 0.3) is 0 Å².